The van der Waals surface area contributed by atoms with E-state index in [-0.39, 0.29) is 0 Å². The zero-order chi connectivity index (χ0) is 55.9. The average molecular weight is 970 g/mol. The third-order valence-corrected chi connectivity index (χ3v) is 9.61. The van der Waals surface area contributed by atoms with Crippen molar-refractivity contribution in [2.45, 2.75) is 166 Å². The van der Waals surface area contributed by atoms with Gasteiger partial charge < -0.3 is 0 Å². The van der Waals surface area contributed by atoms with Crippen LogP contribution >= 0.6 is 0 Å². The van der Waals surface area contributed by atoms with Crippen LogP contribution in [0.25, 0.3) is 44.5 Å². The Labute approximate surface area is 447 Å². The zero-order valence-corrected chi connectivity index (χ0v) is 50.5. The third-order valence-electron chi connectivity index (χ3n) is 9.61. The molecule has 0 aliphatic heterocycles. The number of hydrogen-bond acceptors (Lipinski definition) is 0. The van der Waals surface area contributed by atoms with E-state index in [0.29, 0.717) is 0 Å². The van der Waals surface area contributed by atoms with Gasteiger partial charge in [0, 0.05) is 0 Å². The zero-order valence-electron chi connectivity index (χ0n) is 50.5. The SMILES string of the molecule is CC.CC.CC.CC.CC.CC.CC.CC.Cc1ccc(-c2ccc(C)cc2)cc1.Cc1ccc(-c2cccc(C)c2)cc1.Cc1ccc(-c2cccc(C)c2)cc1.Cc1cccc(-c2cccc(C)c2)c1. The maximum Gasteiger partial charge on any atom is -0.0181 e. The van der Waals surface area contributed by atoms with Crippen molar-refractivity contribution in [1.29, 1.82) is 0 Å². The summed E-state index contributed by atoms with van der Waals surface area (Å²) in [5.41, 5.74) is 20.8. The minimum absolute atomic E-state index is 1.29. The molecule has 0 heteroatoms. The lowest BCUT2D eigenvalue weighted by Gasteiger charge is -2.03. The van der Waals surface area contributed by atoms with Crippen molar-refractivity contribution in [1.82, 2.24) is 0 Å². The van der Waals surface area contributed by atoms with Crippen molar-refractivity contribution >= 4 is 0 Å². The third kappa shape index (κ3) is 31.2. The van der Waals surface area contributed by atoms with E-state index in [1.807, 2.05) is 111 Å². The van der Waals surface area contributed by atoms with Gasteiger partial charge in [0.15, 0.2) is 0 Å². The first-order valence-corrected chi connectivity index (χ1v) is 27.6. The maximum atomic E-state index is 2.22. The molecule has 0 aliphatic carbocycles. The second-order valence-corrected chi connectivity index (χ2v) is 14.9. The molecule has 0 spiro atoms. The molecule has 0 radical (unpaired) electrons. The Morgan fingerprint density at radius 1 is 0.139 bits per heavy atom. The molecule has 0 atom stereocenters. The van der Waals surface area contributed by atoms with Crippen LogP contribution in [0.4, 0.5) is 0 Å². The summed E-state index contributed by atoms with van der Waals surface area (Å²) in [6.07, 6.45) is 0. The van der Waals surface area contributed by atoms with Gasteiger partial charge >= 0.3 is 0 Å². The van der Waals surface area contributed by atoms with E-state index in [9.17, 15) is 0 Å². The first-order chi connectivity index (χ1) is 35.0. The van der Waals surface area contributed by atoms with Crippen LogP contribution in [0.2, 0.25) is 0 Å². The first kappa shape index (κ1) is 72.3. The van der Waals surface area contributed by atoms with Gasteiger partial charge in [-0.2, -0.15) is 0 Å². The predicted octanol–water partition coefficient (Wildman–Crippen LogP) is 24.1. The Morgan fingerprint density at radius 2 is 0.278 bits per heavy atom. The van der Waals surface area contributed by atoms with Gasteiger partial charge in [-0.3, -0.25) is 0 Å². The Morgan fingerprint density at radius 3 is 0.431 bits per heavy atom. The van der Waals surface area contributed by atoms with Crippen LogP contribution in [0.1, 0.15) is 155 Å². The molecule has 392 valence electrons. The summed E-state index contributed by atoms with van der Waals surface area (Å²) in [4.78, 5) is 0. The molecule has 72 heavy (non-hydrogen) atoms. The standard InChI is InChI=1S/4C14H14.8C2H6/c1-11-3-7-13(8-4-11)14-9-5-12(2)6-10-14;1-11-5-3-7-13(9-11)14-8-4-6-12(2)10-14;2*1-11-6-8-13(9-7-11)14-5-3-4-12(2)10-14;8*1-2/h4*3-10H,1-2H3;8*1-2H3. The quantitative estimate of drug-likeness (QED) is 0.165. The van der Waals surface area contributed by atoms with E-state index in [0.717, 1.165) is 0 Å². The van der Waals surface area contributed by atoms with Crippen LogP contribution in [0.3, 0.4) is 0 Å². The lowest BCUT2D eigenvalue weighted by atomic mass is 10.0. The highest BCUT2D eigenvalue weighted by molar-refractivity contribution is 5.67. The van der Waals surface area contributed by atoms with Crippen molar-refractivity contribution in [2.24, 2.45) is 0 Å². The van der Waals surface area contributed by atoms with E-state index in [2.05, 4.69) is 250 Å². The smallest absolute Gasteiger partial charge is 0.0181 e. The monoisotopic (exact) mass is 969 g/mol. The molecule has 0 aliphatic rings. The molecule has 0 saturated heterocycles. The average Bonchev–Trinajstić information content (AvgIpc) is 3.44. The molecular weight excluding hydrogens is 865 g/mol. The van der Waals surface area contributed by atoms with E-state index in [1.165, 1.54) is 89.0 Å². The van der Waals surface area contributed by atoms with Crippen LogP contribution in [0, 0.1) is 55.4 Å². The molecule has 0 fully saturated rings. The van der Waals surface area contributed by atoms with Crippen molar-refractivity contribution in [3.05, 3.63) is 239 Å². The maximum absolute atomic E-state index is 2.22. The highest BCUT2D eigenvalue weighted by Crippen LogP contribution is 2.23. The topological polar surface area (TPSA) is 0 Å². The van der Waals surface area contributed by atoms with Gasteiger partial charge in [0.05, 0.1) is 0 Å². The molecule has 0 aromatic heterocycles. The van der Waals surface area contributed by atoms with Crippen molar-refractivity contribution in [3.63, 3.8) is 0 Å². The Bertz CT molecular complexity index is 2220. The second-order valence-electron chi connectivity index (χ2n) is 14.9. The molecule has 0 bridgehead atoms. The molecule has 0 nitrogen and oxygen atoms in total. The summed E-state index contributed by atoms with van der Waals surface area (Å²) in [6, 6.07) is 68.9. The van der Waals surface area contributed by atoms with Crippen LogP contribution < -0.4 is 0 Å². The molecule has 8 aromatic rings. The first-order valence-electron chi connectivity index (χ1n) is 27.6. The summed E-state index contributed by atoms with van der Waals surface area (Å²) in [5.74, 6) is 0. The Balaban J connectivity index is -0.000000391. The van der Waals surface area contributed by atoms with Gasteiger partial charge in [0.2, 0.25) is 0 Å². The van der Waals surface area contributed by atoms with E-state index in [1.54, 1.807) is 0 Å². The van der Waals surface area contributed by atoms with Crippen LogP contribution in [-0.4, -0.2) is 0 Å². The largest absolute Gasteiger partial charge is 0.0683 e. The van der Waals surface area contributed by atoms with E-state index >= 15 is 0 Å². The van der Waals surface area contributed by atoms with Gasteiger partial charge in [0.1, 0.15) is 0 Å². The summed E-state index contributed by atoms with van der Waals surface area (Å²) in [5, 5.41) is 0. The summed E-state index contributed by atoms with van der Waals surface area (Å²) < 4.78 is 0. The normalized spacial score (nSPS) is 8.56. The fourth-order valence-corrected chi connectivity index (χ4v) is 6.28. The lowest BCUT2D eigenvalue weighted by Crippen LogP contribution is -1.80. The van der Waals surface area contributed by atoms with Crippen molar-refractivity contribution in [3.8, 4) is 44.5 Å². The Hall–Kier alpha value is -6.24. The fourth-order valence-electron chi connectivity index (χ4n) is 6.28. The van der Waals surface area contributed by atoms with Gasteiger partial charge in [0.25, 0.3) is 0 Å². The summed E-state index contributed by atoms with van der Waals surface area (Å²) in [7, 11) is 0. The highest BCUT2D eigenvalue weighted by Gasteiger charge is 1.99. The molecule has 8 rings (SSSR count). The summed E-state index contributed by atoms with van der Waals surface area (Å²) >= 11 is 0. The molecule has 0 heterocycles. The second kappa shape index (κ2) is 48.4. The molecule has 0 saturated carbocycles. The van der Waals surface area contributed by atoms with Crippen molar-refractivity contribution in [2.75, 3.05) is 0 Å². The minimum atomic E-state index is 1.29. The van der Waals surface area contributed by atoms with E-state index in [4.69, 9.17) is 0 Å². The van der Waals surface area contributed by atoms with Gasteiger partial charge in [-0.1, -0.05) is 349 Å². The molecule has 8 aromatic carbocycles. The molecule has 0 N–H and O–H groups in total. The fraction of sp³-hybridized carbons (Fsp3) is 0.333. The lowest BCUT2D eigenvalue weighted by molar-refractivity contribution is 1.44. The number of benzene rings is 8. The van der Waals surface area contributed by atoms with E-state index < -0.39 is 0 Å². The predicted molar refractivity (Wildman–Crippen MR) is 336 cm³/mol. The van der Waals surface area contributed by atoms with Crippen LogP contribution in [0.5, 0.6) is 0 Å². The van der Waals surface area contributed by atoms with Crippen molar-refractivity contribution < 1.29 is 0 Å². The number of aryl methyl sites for hydroxylation is 8. The molecule has 0 amide bonds. The molecule has 0 unspecified atom stereocenters. The Kier molecular flexibility index (Phi) is 48.6. The number of hydrogen-bond donors (Lipinski definition) is 0. The highest BCUT2D eigenvalue weighted by atomic mass is 14.0. The van der Waals surface area contributed by atoms with Gasteiger partial charge in [-0.15, -0.1) is 0 Å². The summed E-state index contributed by atoms with van der Waals surface area (Å²) in [6.45, 7) is 48.9. The van der Waals surface area contributed by atoms with Crippen LogP contribution in [-0.2, 0) is 0 Å². The number of rotatable bonds is 4. The van der Waals surface area contributed by atoms with Gasteiger partial charge in [-0.05, 0) is 99.9 Å². The minimum Gasteiger partial charge on any atom is -0.0683 e. The molecular formula is C72H104. The van der Waals surface area contributed by atoms with Crippen LogP contribution in [0.15, 0.2) is 194 Å². The van der Waals surface area contributed by atoms with Gasteiger partial charge in [-0.25, -0.2) is 0 Å².